The molecule has 5 heteroatoms. The summed E-state index contributed by atoms with van der Waals surface area (Å²) >= 11 is 1.76. The fourth-order valence-electron chi connectivity index (χ4n) is 3.63. The molecule has 0 aromatic carbocycles. The van der Waals surface area contributed by atoms with Crippen molar-refractivity contribution in [2.45, 2.75) is 40.0 Å². The van der Waals surface area contributed by atoms with Gasteiger partial charge in [0.2, 0.25) is 6.41 Å². The molecule has 1 aromatic rings. The van der Waals surface area contributed by atoms with Crippen LogP contribution in [0.25, 0.3) is 0 Å². The number of piperazine rings is 1. The molecule has 1 aliphatic carbocycles. The van der Waals surface area contributed by atoms with Crippen molar-refractivity contribution in [2.24, 2.45) is 11.3 Å². The molecule has 1 unspecified atom stereocenters. The van der Waals surface area contributed by atoms with Crippen molar-refractivity contribution < 1.29 is 9.59 Å². The molecule has 4 nitrogen and oxygen atoms in total. The Kier molecular flexibility index (Phi) is 4.50. The van der Waals surface area contributed by atoms with Crippen LogP contribution in [0, 0.1) is 11.3 Å². The molecule has 1 aliphatic heterocycles. The summed E-state index contributed by atoms with van der Waals surface area (Å²) in [7, 11) is 0. The molecule has 1 saturated heterocycles. The van der Waals surface area contributed by atoms with Crippen molar-refractivity contribution in [1.82, 2.24) is 9.80 Å². The Morgan fingerprint density at radius 2 is 1.96 bits per heavy atom. The van der Waals surface area contributed by atoms with E-state index in [0.29, 0.717) is 37.5 Å². The van der Waals surface area contributed by atoms with Crippen LogP contribution in [0.5, 0.6) is 0 Å². The van der Waals surface area contributed by atoms with E-state index in [4.69, 9.17) is 0 Å². The van der Waals surface area contributed by atoms with Gasteiger partial charge in [0.05, 0.1) is 5.56 Å². The van der Waals surface area contributed by atoms with Crippen molar-refractivity contribution in [3.05, 3.63) is 21.4 Å². The average Bonchev–Trinajstić information content (AvgIpc) is 2.96. The van der Waals surface area contributed by atoms with Gasteiger partial charge in [-0.15, -0.1) is 11.3 Å². The van der Waals surface area contributed by atoms with Gasteiger partial charge in [0.1, 0.15) is 0 Å². The van der Waals surface area contributed by atoms with Gasteiger partial charge in [-0.05, 0) is 36.2 Å². The fraction of sp³-hybridized carbons (Fsp3) is 0.667. The van der Waals surface area contributed by atoms with Gasteiger partial charge < -0.3 is 9.80 Å². The molecule has 23 heavy (non-hydrogen) atoms. The zero-order chi connectivity index (χ0) is 16.6. The van der Waals surface area contributed by atoms with E-state index in [-0.39, 0.29) is 5.91 Å². The van der Waals surface area contributed by atoms with Gasteiger partial charge in [0.25, 0.3) is 5.91 Å². The highest BCUT2D eigenvalue weighted by molar-refractivity contribution is 7.10. The zero-order valence-electron chi connectivity index (χ0n) is 14.3. The fourth-order valence-corrected chi connectivity index (χ4v) is 4.79. The number of nitrogens with zero attached hydrogens (tertiary/aromatic N) is 2. The van der Waals surface area contributed by atoms with Crippen LogP contribution in [0.15, 0.2) is 5.38 Å². The number of thiophene rings is 1. The molecule has 3 rings (SSSR count). The summed E-state index contributed by atoms with van der Waals surface area (Å²) in [4.78, 5) is 28.7. The first-order valence-corrected chi connectivity index (χ1v) is 9.36. The summed E-state index contributed by atoms with van der Waals surface area (Å²) in [6.45, 7) is 9.53. The van der Waals surface area contributed by atoms with E-state index in [2.05, 4.69) is 26.2 Å². The van der Waals surface area contributed by atoms with Crippen LogP contribution in [-0.2, 0) is 17.6 Å². The number of amides is 2. The van der Waals surface area contributed by atoms with Gasteiger partial charge in [0.15, 0.2) is 0 Å². The second kappa shape index (κ2) is 6.27. The predicted octanol–water partition coefficient (Wildman–Crippen LogP) is 2.81. The minimum absolute atomic E-state index is 0.155. The Morgan fingerprint density at radius 1 is 1.26 bits per heavy atom. The number of rotatable bonds is 2. The van der Waals surface area contributed by atoms with E-state index in [9.17, 15) is 9.59 Å². The lowest BCUT2D eigenvalue weighted by atomic mass is 9.72. The Balaban J connectivity index is 1.72. The van der Waals surface area contributed by atoms with Crippen molar-refractivity contribution in [1.29, 1.82) is 0 Å². The Hall–Kier alpha value is -1.36. The third-order valence-electron chi connectivity index (χ3n) is 5.36. The normalized spacial score (nSPS) is 22.0. The van der Waals surface area contributed by atoms with Gasteiger partial charge in [-0.25, -0.2) is 0 Å². The van der Waals surface area contributed by atoms with Crippen LogP contribution in [0.3, 0.4) is 0 Å². The summed E-state index contributed by atoms with van der Waals surface area (Å²) in [6, 6.07) is 0. The van der Waals surface area contributed by atoms with E-state index in [1.54, 1.807) is 16.2 Å². The van der Waals surface area contributed by atoms with E-state index < -0.39 is 0 Å². The second-order valence-electron chi connectivity index (χ2n) is 7.79. The first kappa shape index (κ1) is 16.5. The molecule has 2 aliphatic rings. The minimum atomic E-state index is 0.155. The third-order valence-corrected chi connectivity index (χ3v) is 6.41. The van der Waals surface area contributed by atoms with Crippen molar-refractivity contribution in [2.75, 3.05) is 26.2 Å². The van der Waals surface area contributed by atoms with E-state index in [0.717, 1.165) is 24.8 Å². The van der Waals surface area contributed by atoms with Crippen molar-refractivity contribution in [3.8, 4) is 0 Å². The molecule has 126 valence electrons. The molecule has 0 bridgehead atoms. The standard InChI is InChI=1S/C18H26N2O2S/c1-18(2,3)13-4-5-14-15(11-23-16(14)10-13)17(22)20-8-6-19(12-21)7-9-20/h11-13H,4-10H2,1-3H3. The summed E-state index contributed by atoms with van der Waals surface area (Å²) in [5, 5.41) is 2.06. The molecular weight excluding hydrogens is 308 g/mol. The highest BCUT2D eigenvalue weighted by Crippen LogP contribution is 2.40. The topological polar surface area (TPSA) is 40.6 Å². The maximum absolute atomic E-state index is 12.8. The number of fused-ring (bicyclic) bond motifs is 1. The molecule has 0 radical (unpaired) electrons. The van der Waals surface area contributed by atoms with E-state index in [1.807, 2.05) is 4.90 Å². The van der Waals surface area contributed by atoms with Gasteiger partial charge >= 0.3 is 0 Å². The van der Waals surface area contributed by atoms with Crippen molar-refractivity contribution >= 4 is 23.7 Å². The summed E-state index contributed by atoms with van der Waals surface area (Å²) < 4.78 is 0. The Labute approximate surface area is 142 Å². The molecule has 0 saturated carbocycles. The van der Waals surface area contributed by atoms with Crippen LogP contribution in [0.1, 0.15) is 48.0 Å². The number of hydrogen-bond acceptors (Lipinski definition) is 3. The first-order valence-electron chi connectivity index (χ1n) is 8.48. The molecule has 1 atom stereocenters. The van der Waals surface area contributed by atoms with Gasteiger partial charge in [-0.1, -0.05) is 20.8 Å². The van der Waals surface area contributed by atoms with Crippen LogP contribution in [0.2, 0.25) is 0 Å². The number of carbonyl (C=O) groups excluding carboxylic acids is 2. The highest BCUT2D eigenvalue weighted by Gasteiger charge is 2.33. The first-order chi connectivity index (χ1) is 10.9. The van der Waals surface area contributed by atoms with Crippen LogP contribution < -0.4 is 0 Å². The lowest BCUT2D eigenvalue weighted by Crippen LogP contribution is -2.48. The lowest BCUT2D eigenvalue weighted by Gasteiger charge is -2.35. The zero-order valence-corrected chi connectivity index (χ0v) is 15.1. The van der Waals surface area contributed by atoms with Gasteiger partial charge in [0, 0.05) is 36.4 Å². The molecule has 0 spiro atoms. The maximum atomic E-state index is 12.8. The summed E-state index contributed by atoms with van der Waals surface area (Å²) in [5.74, 6) is 0.856. The molecule has 2 amide bonds. The van der Waals surface area contributed by atoms with Crippen molar-refractivity contribution in [3.63, 3.8) is 0 Å². The van der Waals surface area contributed by atoms with Gasteiger partial charge in [-0.2, -0.15) is 0 Å². The Bertz CT molecular complexity index is 595. The SMILES string of the molecule is CC(C)(C)C1CCc2c(C(=O)N3CCN(C=O)CC3)csc2C1. The quantitative estimate of drug-likeness (QED) is 0.780. The lowest BCUT2D eigenvalue weighted by molar-refractivity contribution is -0.119. The van der Waals surface area contributed by atoms with Crippen LogP contribution in [0.4, 0.5) is 0 Å². The summed E-state index contributed by atoms with van der Waals surface area (Å²) in [5.41, 5.74) is 2.53. The second-order valence-corrected chi connectivity index (χ2v) is 8.75. The largest absolute Gasteiger partial charge is 0.342 e. The molecule has 1 fully saturated rings. The predicted molar refractivity (Wildman–Crippen MR) is 92.8 cm³/mol. The maximum Gasteiger partial charge on any atom is 0.255 e. The molecule has 2 heterocycles. The van der Waals surface area contributed by atoms with Gasteiger partial charge in [-0.3, -0.25) is 9.59 Å². The van der Waals surface area contributed by atoms with E-state index >= 15 is 0 Å². The van der Waals surface area contributed by atoms with E-state index in [1.165, 1.54) is 16.9 Å². The monoisotopic (exact) mass is 334 g/mol. The summed E-state index contributed by atoms with van der Waals surface area (Å²) in [6.07, 6.45) is 4.18. The number of hydrogen-bond donors (Lipinski definition) is 0. The molecular formula is C18H26N2O2S. The smallest absolute Gasteiger partial charge is 0.255 e. The van der Waals surface area contributed by atoms with Crippen LogP contribution in [-0.4, -0.2) is 48.3 Å². The average molecular weight is 334 g/mol. The molecule has 0 N–H and O–H groups in total. The van der Waals surface area contributed by atoms with Crippen LogP contribution >= 0.6 is 11.3 Å². The molecule has 1 aromatic heterocycles. The highest BCUT2D eigenvalue weighted by atomic mass is 32.1. The Morgan fingerprint density at radius 3 is 2.57 bits per heavy atom. The third kappa shape index (κ3) is 3.30. The number of carbonyl (C=O) groups is 2. The minimum Gasteiger partial charge on any atom is -0.342 e.